The summed E-state index contributed by atoms with van der Waals surface area (Å²) >= 11 is 0. The van der Waals surface area contributed by atoms with Crippen LogP contribution in [0.4, 0.5) is 0 Å². The van der Waals surface area contributed by atoms with Crippen LogP contribution < -0.4 is 0 Å². The molecule has 0 heterocycles. The molecule has 0 heteroatoms. The first kappa shape index (κ1) is 22.8. The Morgan fingerprint density at radius 3 is 1.52 bits per heavy atom. The van der Waals surface area contributed by atoms with E-state index in [9.17, 15) is 0 Å². The lowest BCUT2D eigenvalue weighted by Gasteiger charge is -2.09. The van der Waals surface area contributed by atoms with Gasteiger partial charge in [0.05, 0.1) is 0 Å². The van der Waals surface area contributed by atoms with Gasteiger partial charge in [0.1, 0.15) is 0 Å². The summed E-state index contributed by atoms with van der Waals surface area (Å²) in [5, 5.41) is 0. The molecule has 0 aromatic rings. The smallest absolute Gasteiger partial charge is 0.0203 e. The van der Waals surface area contributed by atoms with E-state index >= 15 is 0 Å². The molecule has 0 atom stereocenters. The quantitative estimate of drug-likeness (QED) is 0.230. The first-order valence-corrected chi connectivity index (χ1v) is 11.9. The van der Waals surface area contributed by atoms with Crippen LogP contribution in [0.3, 0.4) is 0 Å². The topological polar surface area (TPSA) is 0 Å². The van der Waals surface area contributed by atoms with Crippen molar-refractivity contribution in [2.75, 3.05) is 0 Å². The van der Waals surface area contributed by atoms with Crippen molar-refractivity contribution in [2.45, 2.75) is 135 Å². The van der Waals surface area contributed by atoms with Crippen molar-refractivity contribution in [1.29, 1.82) is 0 Å². The van der Waals surface area contributed by atoms with Gasteiger partial charge < -0.3 is 0 Å². The summed E-state index contributed by atoms with van der Waals surface area (Å²) in [6.07, 6.45) is 31.1. The van der Waals surface area contributed by atoms with Gasteiger partial charge in [-0.3, -0.25) is 0 Å². The van der Waals surface area contributed by atoms with Gasteiger partial charge in [0.15, 0.2) is 0 Å². The summed E-state index contributed by atoms with van der Waals surface area (Å²) in [5.74, 6) is 0.830. The van der Waals surface area contributed by atoms with Crippen LogP contribution in [0, 0.1) is 12.8 Å². The normalized spacial score (nSPS) is 16.0. The Bertz CT molecular complexity index is 295. The van der Waals surface area contributed by atoms with Crippen LogP contribution in [0.25, 0.3) is 0 Å². The minimum Gasteiger partial charge on any atom is -0.0850 e. The third kappa shape index (κ3) is 13.6. The summed E-state index contributed by atoms with van der Waals surface area (Å²) < 4.78 is 0. The highest BCUT2D eigenvalue weighted by Gasteiger charge is 2.15. The van der Waals surface area contributed by atoms with Crippen LogP contribution in [-0.4, -0.2) is 0 Å². The molecule has 1 fully saturated rings. The molecule has 0 amide bonds. The van der Waals surface area contributed by atoms with Crippen LogP contribution in [-0.2, 0) is 0 Å². The zero-order valence-electron chi connectivity index (χ0n) is 17.5. The predicted octanol–water partition coefficient (Wildman–Crippen LogP) is 9.20. The standard InChI is InChI=1S/C25H47/c1-3-4-5-6-7-8-9-10-11-12-13-14-15-16-17-18-21-24(2)25-22-19-20-23-25/h21,25H,2-20,22-23H2,1H3/b24-21-. The monoisotopic (exact) mass is 347 g/mol. The summed E-state index contributed by atoms with van der Waals surface area (Å²) in [6.45, 7) is 6.59. The molecule has 147 valence electrons. The van der Waals surface area contributed by atoms with Crippen molar-refractivity contribution in [3.8, 4) is 0 Å². The highest BCUT2D eigenvalue weighted by molar-refractivity contribution is 5.11. The van der Waals surface area contributed by atoms with Crippen LogP contribution in [0.2, 0.25) is 0 Å². The molecule has 0 bridgehead atoms. The second-order valence-corrected chi connectivity index (χ2v) is 8.50. The molecule has 0 aromatic heterocycles. The molecular weight excluding hydrogens is 300 g/mol. The van der Waals surface area contributed by atoms with E-state index in [1.807, 2.05) is 0 Å². The maximum absolute atomic E-state index is 4.29. The molecule has 1 saturated carbocycles. The van der Waals surface area contributed by atoms with Crippen LogP contribution in [0.15, 0.2) is 11.6 Å². The Hall–Kier alpha value is -0.260. The summed E-state index contributed by atoms with van der Waals surface area (Å²) in [5.41, 5.74) is 1.45. The van der Waals surface area contributed by atoms with Crippen LogP contribution >= 0.6 is 0 Å². The van der Waals surface area contributed by atoms with Gasteiger partial charge in [-0.1, -0.05) is 121 Å². The highest BCUT2D eigenvalue weighted by Crippen LogP contribution is 2.30. The van der Waals surface area contributed by atoms with Crippen molar-refractivity contribution in [1.82, 2.24) is 0 Å². The highest BCUT2D eigenvalue weighted by atomic mass is 14.2. The third-order valence-electron chi connectivity index (χ3n) is 6.09. The van der Waals surface area contributed by atoms with Crippen molar-refractivity contribution < 1.29 is 0 Å². The van der Waals surface area contributed by atoms with Gasteiger partial charge in [0.25, 0.3) is 0 Å². The molecular formula is C25H47. The molecule has 0 aromatic carbocycles. The van der Waals surface area contributed by atoms with Gasteiger partial charge in [0, 0.05) is 0 Å². The van der Waals surface area contributed by atoms with Gasteiger partial charge in [-0.15, -0.1) is 0 Å². The Morgan fingerprint density at radius 2 is 1.08 bits per heavy atom. The molecule has 25 heavy (non-hydrogen) atoms. The third-order valence-corrected chi connectivity index (χ3v) is 6.09. The average molecular weight is 348 g/mol. The summed E-state index contributed by atoms with van der Waals surface area (Å²) in [4.78, 5) is 0. The summed E-state index contributed by atoms with van der Waals surface area (Å²) in [6, 6.07) is 0. The lowest BCUT2D eigenvalue weighted by molar-refractivity contribution is 0.532. The van der Waals surface area contributed by atoms with E-state index in [0.29, 0.717) is 0 Å². The van der Waals surface area contributed by atoms with Gasteiger partial charge in [-0.2, -0.15) is 0 Å². The Balaban J connectivity index is 1.74. The van der Waals surface area contributed by atoms with Crippen molar-refractivity contribution >= 4 is 0 Å². The maximum atomic E-state index is 4.29. The zero-order chi connectivity index (χ0) is 18.0. The largest absolute Gasteiger partial charge is 0.0850 e. The Morgan fingerprint density at radius 1 is 0.680 bits per heavy atom. The molecule has 1 rings (SSSR count). The fourth-order valence-corrected chi connectivity index (χ4v) is 4.27. The molecule has 0 nitrogen and oxygen atoms in total. The van der Waals surface area contributed by atoms with E-state index < -0.39 is 0 Å². The van der Waals surface area contributed by atoms with E-state index in [2.05, 4.69) is 19.9 Å². The SMILES string of the molecule is [CH2]/C(=C/CCCCCCCCCCCCCCCCC)C1CCCC1. The second-order valence-electron chi connectivity index (χ2n) is 8.50. The fourth-order valence-electron chi connectivity index (χ4n) is 4.27. The number of unbranched alkanes of at least 4 members (excludes halogenated alkanes) is 15. The first-order chi connectivity index (χ1) is 12.3. The maximum Gasteiger partial charge on any atom is -0.0203 e. The van der Waals surface area contributed by atoms with E-state index in [1.165, 1.54) is 134 Å². The minimum absolute atomic E-state index is 0.830. The lowest BCUT2D eigenvalue weighted by Crippen LogP contribution is -1.94. The van der Waals surface area contributed by atoms with E-state index in [-0.39, 0.29) is 0 Å². The van der Waals surface area contributed by atoms with Crippen molar-refractivity contribution in [3.63, 3.8) is 0 Å². The Labute approximate surface area is 160 Å². The number of rotatable bonds is 17. The molecule has 0 saturated heterocycles. The molecule has 0 unspecified atom stereocenters. The lowest BCUT2D eigenvalue weighted by atomic mass is 9.97. The minimum atomic E-state index is 0.830. The number of hydrogen-bond acceptors (Lipinski definition) is 0. The first-order valence-electron chi connectivity index (χ1n) is 11.9. The average Bonchev–Trinajstić information content (AvgIpc) is 3.16. The molecule has 1 aliphatic carbocycles. The number of allylic oxidation sites excluding steroid dienone is 2. The van der Waals surface area contributed by atoms with Crippen molar-refractivity contribution in [2.24, 2.45) is 5.92 Å². The molecule has 0 spiro atoms. The fraction of sp³-hybridized carbons (Fsp3) is 0.880. The van der Waals surface area contributed by atoms with E-state index in [1.54, 1.807) is 0 Å². The van der Waals surface area contributed by atoms with Crippen LogP contribution in [0.5, 0.6) is 0 Å². The Kier molecular flexibility index (Phi) is 15.6. The predicted molar refractivity (Wildman–Crippen MR) is 115 cm³/mol. The molecule has 1 aliphatic rings. The zero-order valence-corrected chi connectivity index (χ0v) is 17.5. The van der Waals surface area contributed by atoms with E-state index in [0.717, 1.165) is 5.92 Å². The molecule has 0 aliphatic heterocycles. The van der Waals surface area contributed by atoms with Gasteiger partial charge in [-0.05, 0) is 38.5 Å². The van der Waals surface area contributed by atoms with Crippen LogP contribution in [0.1, 0.15) is 135 Å². The second kappa shape index (κ2) is 17.2. The number of hydrogen-bond donors (Lipinski definition) is 0. The van der Waals surface area contributed by atoms with Gasteiger partial charge in [-0.25, -0.2) is 0 Å². The van der Waals surface area contributed by atoms with Gasteiger partial charge in [0.2, 0.25) is 0 Å². The molecule has 0 N–H and O–H groups in total. The van der Waals surface area contributed by atoms with Gasteiger partial charge >= 0.3 is 0 Å². The van der Waals surface area contributed by atoms with Crippen molar-refractivity contribution in [3.05, 3.63) is 18.6 Å². The summed E-state index contributed by atoms with van der Waals surface area (Å²) in [7, 11) is 0. The molecule has 1 radical (unpaired) electrons. The van der Waals surface area contributed by atoms with E-state index in [4.69, 9.17) is 0 Å².